The van der Waals surface area contributed by atoms with E-state index in [9.17, 15) is 4.79 Å². The van der Waals surface area contributed by atoms with E-state index in [1.807, 2.05) is 12.3 Å². The van der Waals surface area contributed by atoms with Gasteiger partial charge in [0.2, 0.25) is 0 Å². The molecule has 0 radical (unpaired) electrons. The molecule has 2 heterocycles. The second-order valence-electron chi connectivity index (χ2n) is 3.24. The number of nitrogens with zero attached hydrogens (tertiary/aromatic N) is 4. The smallest absolute Gasteiger partial charge is 0.156 e. The molecule has 2 aromatic rings. The van der Waals surface area contributed by atoms with Gasteiger partial charge in [0.1, 0.15) is 17.3 Å². The molecule has 0 aromatic carbocycles. The minimum absolute atomic E-state index is 0.150. The predicted octanol–water partition coefficient (Wildman–Crippen LogP) is 1.25. The average Bonchev–Trinajstić information content (AvgIpc) is 2.82. The van der Waals surface area contributed by atoms with Crippen LogP contribution in [-0.2, 0) is 6.54 Å². The number of nitrogens with one attached hydrogen (secondary N) is 1. The lowest BCUT2D eigenvalue weighted by molar-refractivity contribution is 0.112. The van der Waals surface area contributed by atoms with Gasteiger partial charge in [-0.2, -0.15) is 5.10 Å². The van der Waals surface area contributed by atoms with Crippen LogP contribution in [0.2, 0.25) is 5.15 Å². The first-order chi connectivity index (χ1) is 8.31. The molecule has 88 valence electrons. The number of hydrogen-bond acceptors (Lipinski definition) is 5. The number of hydrogen-bond donors (Lipinski definition) is 1. The van der Waals surface area contributed by atoms with Gasteiger partial charge in [0.05, 0.1) is 12.1 Å². The van der Waals surface area contributed by atoms with Crippen molar-refractivity contribution in [3.8, 4) is 0 Å². The van der Waals surface area contributed by atoms with E-state index in [1.54, 1.807) is 10.9 Å². The van der Waals surface area contributed by atoms with Gasteiger partial charge in [-0.3, -0.25) is 9.48 Å². The standard InChI is InChI=1S/C10H10ClN5O/c11-9-8(6-17)10(14-7-13-9)12-3-5-16-4-1-2-15-16/h1-2,4,6-7H,3,5H2,(H,12,13,14). The fourth-order valence-electron chi connectivity index (χ4n) is 1.34. The molecule has 6 nitrogen and oxygen atoms in total. The van der Waals surface area contributed by atoms with Crippen LogP contribution in [0.3, 0.4) is 0 Å². The van der Waals surface area contributed by atoms with E-state index in [1.165, 1.54) is 6.33 Å². The summed E-state index contributed by atoms with van der Waals surface area (Å²) in [5.74, 6) is 0.437. The molecule has 2 aromatic heterocycles. The van der Waals surface area contributed by atoms with E-state index < -0.39 is 0 Å². The molecule has 0 saturated carbocycles. The highest BCUT2D eigenvalue weighted by Gasteiger charge is 2.07. The largest absolute Gasteiger partial charge is 0.367 e. The lowest BCUT2D eigenvalue weighted by Crippen LogP contribution is -2.13. The summed E-state index contributed by atoms with van der Waals surface area (Å²) in [5, 5.41) is 7.22. The molecular weight excluding hydrogens is 242 g/mol. The third-order valence-electron chi connectivity index (χ3n) is 2.15. The molecule has 0 aliphatic rings. The molecule has 7 heteroatoms. The van der Waals surface area contributed by atoms with Gasteiger partial charge < -0.3 is 5.32 Å². The van der Waals surface area contributed by atoms with Gasteiger partial charge in [-0.25, -0.2) is 9.97 Å². The van der Waals surface area contributed by atoms with E-state index in [0.29, 0.717) is 25.2 Å². The highest BCUT2D eigenvalue weighted by Crippen LogP contribution is 2.16. The van der Waals surface area contributed by atoms with E-state index in [-0.39, 0.29) is 10.7 Å². The Morgan fingerprint density at radius 1 is 1.47 bits per heavy atom. The van der Waals surface area contributed by atoms with Crippen molar-refractivity contribution in [3.63, 3.8) is 0 Å². The van der Waals surface area contributed by atoms with Gasteiger partial charge in [-0.05, 0) is 6.07 Å². The molecule has 0 unspecified atom stereocenters. The Hall–Kier alpha value is -1.95. The van der Waals surface area contributed by atoms with Crippen molar-refractivity contribution in [1.82, 2.24) is 19.7 Å². The highest BCUT2D eigenvalue weighted by atomic mass is 35.5. The van der Waals surface area contributed by atoms with Crippen molar-refractivity contribution in [2.24, 2.45) is 0 Å². The lowest BCUT2D eigenvalue weighted by Gasteiger charge is -2.07. The number of carbonyl (C=O) groups is 1. The third kappa shape index (κ3) is 2.79. The first-order valence-electron chi connectivity index (χ1n) is 4.98. The zero-order valence-corrected chi connectivity index (χ0v) is 9.63. The zero-order valence-electron chi connectivity index (χ0n) is 8.88. The molecule has 1 N–H and O–H groups in total. The Morgan fingerprint density at radius 2 is 2.35 bits per heavy atom. The molecular formula is C10H10ClN5O. The van der Waals surface area contributed by atoms with Gasteiger partial charge in [0, 0.05) is 18.9 Å². The Kier molecular flexibility index (Phi) is 3.66. The summed E-state index contributed by atoms with van der Waals surface area (Å²) in [7, 11) is 0. The maximum atomic E-state index is 10.8. The van der Waals surface area contributed by atoms with Crippen LogP contribution in [0.25, 0.3) is 0 Å². The molecule has 0 amide bonds. The Labute approximate surface area is 103 Å². The van der Waals surface area contributed by atoms with Gasteiger partial charge in [0.25, 0.3) is 0 Å². The lowest BCUT2D eigenvalue weighted by atomic mass is 10.3. The second kappa shape index (κ2) is 5.40. The van der Waals surface area contributed by atoms with Crippen LogP contribution in [0, 0.1) is 0 Å². The first kappa shape index (κ1) is 11.5. The topological polar surface area (TPSA) is 72.7 Å². The van der Waals surface area contributed by atoms with Crippen molar-refractivity contribution < 1.29 is 4.79 Å². The number of rotatable bonds is 5. The van der Waals surface area contributed by atoms with Crippen LogP contribution in [0.1, 0.15) is 10.4 Å². The number of aldehydes is 1. The number of anilines is 1. The van der Waals surface area contributed by atoms with Crippen molar-refractivity contribution in [3.05, 3.63) is 35.5 Å². The number of halogens is 1. The maximum Gasteiger partial charge on any atom is 0.156 e. The number of carbonyl (C=O) groups excluding carboxylic acids is 1. The van der Waals surface area contributed by atoms with Gasteiger partial charge in [0.15, 0.2) is 6.29 Å². The van der Waals surface area contributed by atoms with E-state index in [2.05, 4.69) is 20.4 Å². The summed E-state index contributed by atoms with van der Waals surface area (Å²) in [6, 6.07) is 1.85. The van der Waals surface area contributed by atoms with E-state index in [4.69, 9.17) is 11.6 Å². The van der Waals surface area contributed by atoms with Crippen LogP contribution in [0.4, 0.5) is 5.82 Å². The highest BCUT2D eigenvalue weighted by molar-refractivity contribution is 6.32. The molecule has 0 atom stereocenters. The molecule has 17 heavy (non-hydrogen) atoms. The summed E-state index contributed by atoms with van der Waals surface area (Å²) in [5.41, 5.74) is 0.273. The third-order valence-corrected chi connectivity index (χ3v) is 2.45. The summed E-state index contributed by atoms with van der Waals surface area (Å²) in [4.78, 5) is 18.5. The summed E-state index contributed by atoms with van der Waals surface area (Å²) < 4.78 is 1.77. The molecule has 0 fully saturated rings. The summed E-state index contributed by atoms with van der Waals surface area (Å²) in [6.45, 7) is 1.27. The molecule has 0 aliphatic carbocycles. The SMILES string of the molecule is O=Cc1c(Cl)ncnc1NCCn1cccn1. The first-order valence-corrected chi connectivity index (χ1v) is 5.36. The molecule has 2 rings (SSSR count). The van der Waals surface area contributed by atoms with Gasteiger partial charge in [-0.15, -0.1) is 0 Å². The fourth-order valence-corrected chi connectivity index (χ4v) is 1.52. The monoisotopic (exact) mass is 251 g/mol. The Bertz CT molecular complexity index is 499. The van der Waals surface area contributed by atoms with Crippen molar-refractivity contribution in [2.45, 2.75) is 6.54 Å². The van der Waals surface area contributed by atoms with E-state index >= 15 is 0 Å². The number of aromatic nitrogens is 4. The second-order valence-corrected chi connectivity index (χ2v) is 3.60. The van der Waals surface area contributed by atoms with Gasteiger partial charge in [-0.1, -0.05) is 11.6 Å². The summed E-state index contributed by atoms with van der Waals surface area (Å²) in [6.07, 6.45) is 5.51. The minimum atomic E-state index is 0.150. The molecule has 0 bridgehead atoms. The molecule has 0 spiro atoms. The van der Waals surface area contributed by atoms with Crippen LogP contribution in [-0.4, -0.2) is 32.6 Å². The Balaban J connectivity index is 1.99. The fraction of sp³-hybridized carbons (Fsp3) is 0.200. The molecule has 0 saturated heterocycles. The van der Waals surface area contributed by atoms with Crippen molar-refractivity contribution in [1.29, 1.82) is 0 Å². The Morgan fingerprint density at radius 3 is 3.06 bits per heavy atom. The van der Waals surface area contributed by atoms with Crippen LogP contribution < -0.4 is 5.32 Å². The normalized spacial score (nSPS) is 10.2. The summed E-state index contributed by atoms with van der Waals surface area (Å²) >= 11 is 5.77. The minimum Gasteiger partial charge on any atom is -0.367 e. The van der Waals surface area contributed by atoms with Crippen molar-refractivity contribution in [2.75, 3.05) is 11.9 Å². The maximum absolute atomic E-state index is 10.8. The van der Waals surface area contributed by atoms with E-state index in [0.717, 1.165) is 0 Å². The van der Waals surface area contributed by atoms with Crippen molar-refractivity contribution >= 4 is 23.7 Å². The van der Waals surface area contributed by atoms with Crippen LogP contribution >= 0.6 is 11.6 Å². The predicted molar refractivity (Wildman–Crippen MR) is 63.1 cm³/mol. The zero-order chi connectivity index (χ0) is 12.1. The average molecular weight is 252 g/mol. The van der Waals surface area contributed by atoms with Gasteiger partial charge >= 0.3 is 0 Å². The quantitative estimate of drug-likeness (QED) is 0.640. The van der Waals surface area contributed by atoms with Crippen LogP contribution in [0.5, 0.6) is 0 Å². The molecule has 0 aliphatic heterocycles. The van der Waals surface area contributed by atoms with Crippen LogP contribution in [0.15, 0.2) is 24.8 Å².